The third-order valence-corrected chi connectivity index (χ3v) is 2.92. The predicted molar refractivity (Wildman–Crippen MR) is 78.2 cm³/mol. The Morgan fingerprint density at radius 3 is 2.75 bits per heavy atom. The lowest BCUT2D eigenvalue weighted by Crippen LogP contribution is -2.10. The zero-order chi connectivity index (χ0) is 14.7. The molecule has 0 amide bonds. The SMILES string of the molecule is Cc1ccc(Cl)c(Nc2nc(NN)ccc2[N+](=O)[O-])c1. The van der Waals surface area contributed by atoms with Gasteiger partial charge in [-0.05, 0) is 30.7 Å². The molecule has 4 N–H and O–H groups in total. The molecular weight excluding hydrogens is 282 g/mol. The molecule has 0 unspecified atom stereocenters. The molecule has 0 bridgehead atoms. The van der Waals surface area contributed by atoms with Crippen LogP contribution in [0.15, 0.2) is 30.3 Å². The van der Waals surface area contributed by atoms with E-state index in [4.69, 9.17) is 17.4 Å². The number of hydrogen-bond acceptors (Lipinski definition) is 6. The van der Waals surface area contributed by atoms with Gasteiger partial charge in [-0.25, -0.2) is 10.8 Å². The van der Waals surface area contributed by atoms with Gasteiger partial charge in [0.2, 0.25) is 5.82 Å². The number of hydrogen-bond donors (Lipinski definition) is 3. The summed E-state index contributed by atoms with van der Waals surface area (Å²) < 4.78 is 0. The number of nitrogens with one attached hydrogen (secondary N) is 2. The molecule has 0 saturated heterocycles. The van der Waals surface area contributed by atoms with Crippen molar-refractivity contribution in [3.8, 4) is 0 Å². The zero-order valence-corrected chi connectivity index (χ0v) is 11.3. The molecule has 0 atom stereocenters. The van der Waals surface area contributed by atoms with E-state index in [-0.39, 0.29) is 11.5 Å². The van der Waals surface area contributed by atoms with E-state index in [0.717, 1.165) is 5.56 Å². The van der Waals surface area contributed by atoms with Gasteiger partial charge in [0.25, 0.3) is 0 Å². The van der Waals surface area contributed by atoms with Crippen molar-refractivity contribution in [2.75, 3.05) is 10.7 Å². The molecule has 7 nitrogen and oxygen atoms in total. The average Bonchev–Trinajstić information content (AvgIpc) is 2.42. The fourth-order valence-electron chi connectivity index (χ4n) is 1.63. The number of aryl methyl sites for hydroxylation is 1. The first-order valence-electron chi connectivity index (χ1n) is 5.66. The van der Waals surface area contributed by atoms with Gasteiger partial charge in [-0.1, -0.05) is 17.7 Å². The van der Waals surface area contributed by atoms with E-state index in [9.17, 15) is 10.1 Å². The van der Waals surface area contributed by atoms with Crippen molar-refractivity contribution >= 4 is 34.6 Å². The van der Waals surface area contributed by atoms with Gasteiger partial charge in [-0.3, -0.25) is 10.1 Å². The van der Waals surface area contributed by atoms with Crippen LogP contribution >= 0.6 is 11.6 Å². The summed E-state index contributed by atoms with van der Waals surface area (Å²) in [5.74, 6) is 5.63. The van der Waals surface area contributed by atoms with Crippen LogP contribution in [0.1, 0.15) is 5.56 Å². The minimum absolute atomic E-state index is 0.0675. The number of benzene rings is 1. The summed E-state index contributed by atoms with van der Waals surface area (Å²) in [6, 6.07) is 8.05. The van der Waals surface area contributed by atoms with Gasteiger partial charge in [0.1, 0.15) is 5.82 Å². The molecule has 0 aliphatic heterocycles. The number of pyridine rings is 1. The highest BCUT2D eigenvalue weighted by atomic mass is 35.5. The second kappa shape index (κ2) is 5.72. The number of nitrogens with zero attached hydrogens (tertiary/aromatic N) is 2. The fourth-order valence-corrected chi connectivity index (χ4v) is 1.80. The summed E-state index contributed by atoms with van der Waals surface area (Å²) in [5.41, 5.74) is 3.68. The Morgan fingerprint density at radius 1 is 1.35 bits per heavy atom. The van der Waals surface area contributed by atoms with Gasteiger partial charge < -0.3 is 10.7 Å². The first kappa shape index (κ1) is 14.0. The van der Waals surface area contributed by atoms with E-state index in [0.29, 0.717) is 16.5 Å². The Labute approximate surface area is 119 Å². The highest BCUT2D eigenvalue weighted by molar-refractivity contribution is 6.33. The van der Waals surface area contributed by atoms with Crippen molar-refractivity contribution in [3.05, 3.63) is 51.0 Å². The van der Waals surface area contributed by atoms with E-state index in [1.54, 1.807) is 12.1 Å². The van der Waals surface area contributed by atoms with Gasteiger partial charge >= 0.3 is 5.69 Å². The number of halogens is 1. The quantitative estimate of drug-likeness (QED) is 0.454. The van der Waals surface area contributed by atoms with Crippen molar-refractivity contribution in [3.63, 3.8) is 0 Å². The molecule has 1 aromatic heterocycles. The number of nitrogens with two attached hydrogens (primary N) is 1. The van der Waals surface area contributed by atoms with Crippen molar-refractivity contribution in [2.24, 2.45) is 5.84 Å². The monoisotopic (exact) mass is 293 g/mol. The Hall–Kier alpha value is -2.38. The first-order chi connectivity index (χ1) is 9.51. The van der Waals surface area contributed by atoms with E-state index in [1.165, 1.54) is 12.1 Å². The van der Waals surface area contributed by atoms with Crippen LogP contribution in [0.3, 0.4) is 0 Å². The molecule has 0 spiro atoms. The average molecular weight is 294 g/mol. The largest absolute Gasteiger partial charge is 0.333 e. The van der Waals surface area contributed by atoms with Gasteiger partial charge in [-0.2, -0.15) is 0 Å². The molecule has 2 aromatic rings. The first-order valence-corrected chi connectivity index (χ1v) is 6.04. The maximum atomic E-state index is 11.0. The summed E-state index contributed by atoms with van der Waals surface area (Å²) in [7, 11) is 0. The van der Waals surface area contributed by atoms with E-state index < -0.39 is 4.92 Å². The second-order valence-electron chi connectivity index (χ2n) is 4.07. The normalized spacial score (nSPS) is 10.2. The summed E-state index contributed by atoms with van der Waals surface area (Å²) in [6.07, 6.45) is 0. The minimum atomic E-state index is -0.528. The molecule has 0 aliphatic rings. The van der Waals surface area contributed by atoms with Crippen LogP contribution in [0.2, 0.25) is 5.02 Å². The van der Waals surface area contributed by atoms with Crippen molar-refractivity contribution in [2.45, 2.75) is 6.92 Å². The highest BCUT2D eigenvalue weighted by Gasteiger charge is 2.17. The van der Waals surface area contributed by atoms with E-state index >= 15 is 0 Å². The molecule has 8 heteroatoms. The Bertz CT molecular complexity index is 662. The molecule has 20 heavy (non-hydrogen) atoms. The fraction of sp³-hybridized carbons (Fsp3) is 0.0833. The number of rotatable bonds is 4. The molecule has 2 rings (SSSR count). The van der Waals surface area contributed by atoms with E-state index in [2.05, 4.69) is 15.7 Å². The molecule has 0 saturated carbocycles. The number of anilines is 3. The van der Waals surface area contributed by atoms with Gasteiger partial charge in [0.15, 0.2) is 0 Å². The number of nitro groups is 1. The van der Waals surface area contributed by atoms with Gasteiger partial charge in [0, 0.05) is 6.07 Å². The van der Waals surface area contributed by atoms with Crippen molar-refractivity contribution in [1.29, 1.82) is 0 Å². The minimum Gasteiger partial charge on any atom is -0.333 e. The lowest BCUT2D eigenvalue weighted by Gasteiger charge is -2.10. The summed E-state index contributed by atoms with van der Waals surface area (Å²) in [6.45, 7) is 1.89. The van der Waals surface area contributed by atoms with Crippen LogP contribution in [0.25, 0.3) is 0 Å². The molecule has 0 radical (unpaired) electrons. The van der Waals surface area contributed by atoms with Crippen molar-refractivity contribution < 1.29 is 4.92 Å². The third-order valence-electron chi connectivity index (χ3n) is 2.59. The third kappa shape index (κ3) is 2.95. The van der Waals surface area contributed by atoms with Crippen LogP contribution in [0.5, 0.6) is 0 Å². The van der Waals surface area contributed by atoms with Crippen molar-refractivity contribution in [1.82, 2.24) is 4.98 Å². The Kier molecular flexibility index (Phi) is 4.02. The number of nitrogen functional groups attached to an aromatic ring is 1. The van der Waals surface area contributed by atoms with Crippen LogP contribution < -0.4 is 16.6 Å². The van der Waals surface area contributed by atoms with Crippen LogP contribution in [-0.2, 0) is 0 Å². The Morgan fingerprint density at radius 2 is 2.10 bits per heavy atom. The van der Waals surface area contributed by atoms with Gasteiger partial charge in [0.05, 0.1) is 15.6 Å². The van der Waals surface area contributed by atoms with Crippen LogP contribution in [0, 0.1) is 17.0 Å². The predicted octanol–water partition coefficient (Wildman–Crippen LogP) is 2.98. The maximum absolute atomic E-state index is 11.0. The molecular formula is C12H12ClN5O2. The van der Waals surface area contributed by atoms with Gasteiger partial charge in [-0.15, -0.1) is 0 Å². The van der Waals surface area contributed by atoms with Crippen LogP contribution in [-0.4, -0.2) is 9.91 Å². The summed E-state index contributed by atoms with van der Waals surface area (Å²) in [5, 5.41) is 14.3. The molecule has 0 fully saturated rings. The second-order valence-corrected chi connectivity index (χ2v) is 4.48. The Balaban J connectivity index is 2.45. The molecule has 1 heterocycles. The van der Waals surface area contributed by atoms with E-state index in [1.807, 2.05) is 13.0 Å². The number of hydrazine groups is 1. The lowest BCUT2D eigenvalue weighted by atomic mass is 10.2. The topological polar surface area (TPSA) is 106 Å². The summed E-state index contributed by atoms with van der Waals surface area (Å²) in [4.78, 5) is 14.5. The lowest BCUT2D eigenvalue weighted by molar-refractivity contribution is -0.384. The highest BCUT2D eigenvalue weighted by Crippen LogP contribution is 2.31. The standard InChI is InChI=1S/C12H12ClN5O2/c1-7-2-3-8(13)9(6-7)15-12-10(18(19)20)4-5-11(16-12)17-14/h2-6H,14H2,1H3,(H2,15,16,17). The smallest absolute Gasteiger partial charge is 0.311 e. The molecule has 0 aliphatic carbocycles. The van der Waals surface area contributed by atoms with Crippen LogP contribution in [0.4, 0.5) is 23.0 Å². The molecule has 104 valence electrons. The molecule has 1 aromatic carbocycles. The zero-order valence-electron chi connectivity index (χ0n) is 10.6. The number of aromatic nitrogens is 1. The summed E-state index contributed by atoms with van der Waals surface area (Å²) >= 11 is 6.05. The maximum Gasteiger partial charge on any atom is 0.311 e.